The number of rotatable bonds is 4. The Morgan fingerprint density at radius 2 is 1.10 bits per heavy atom. The summed E-state index contributed by atoms with van der Waals surface area (Å²) in [5.74, 6) is 0. The fourth-order valence-electron chi connectivity index (χ4n) is 11.2. The Bertz CT molecular complexity index is 3040. The summed E-state index contributed by atoms with van der Waals surface area (Å²) in [4.78, 5) is 5.12. The van der Waals surface area contributed by atoms with Crippen LogP contribution in [-0.4, -0.2) is 6.71 Å². The number of hydrogen-bond donors (Lipinski definition) is 0. The van der Waals surface area contributed by atoms with Crippen molar-refractivity contribution in [2.75, 3.05) is 9.80 Å². The molecule has 0 radical (unpaired) electrons. The minimum atomic E-state index is -0.0145. The van der Waals surface area contributed by atoms with E-state index in [0.29, 0.717) is 0 Å². The van der Waals surface area contributed by atoms with Crippen molar-refractivity contribution in [2.45, 2.75) is 91.4 Å². The molecule has 7 aromatic rings. The molecule has 0 spiro atoms. The molecule has 11 rings (SSSR count). The zero-order valence-corrected chi connectivity index (χ0v) is 38.4. The highest BCUT2D eigenvalue weighted by Gasteiger charge is 2.45. The van der Waals surface area contributed by atoms with Crippen molar-refractivity contribution in [3.63, 3.8) is 0 Å². The van der Waals surface area contributed by atoms with Crippen LogP contribution in [0.1, 0.15) is 102 Å². The monoisotopic (exact) mass is 816 g/mol. The van der Waals surface area contributed by atoms with Crippen LogP contribution in [0.15, 0.2) is 163 Å². The molecular weight excluding hydrogens is 759 g/mol. The summed E-state index contributed by atoms with van der Waals surface area (Å²) < 4.78 is 0. The average Bonchev–Trinajstić information content (AvgIpc) is 3.51. The molecule has 0 saturated carbocycles. The quantitative estimate of drug-likeness (QED) is 0.163. The largest absolute Gasteiger partial charge is 0.311 e. The highest BCUT2D eigenvalue weighted by molar-refractivity contribution is 7.00. The summed E-state index contributed by atoms with van der Waals surface area (Å²) in [6.45, 7) is 21.2. The molecule has 0 amide bonds. The van der Waals surface area contributed by atoms with E-state index in [1.54, 1.807) is 5.57 Å². The molecule has 2 aliphatic heterocycles. The second kappa shape index (κ2) is 14.1. The molecule has 0 atom stereocenters. The Hall–Kier alpha value is -6.32. The molecular formula is C60H57BN2. The van der Waals surface area contributed by atoms with Crippen LogP contribution in [0, 0.1) is 6.92 Å². The molecule has 4 aliphatic rings. The summed E-state index contributed by atoms with van der Waals surface area (Å²) in [6, 6.07) is 58.0. The lowest BCUT2D eigenvalue weighted by Crippen LogP contribution is -2.61. The fourth-order valence-corrected chi connectivity index (χ4v) is 11.2. The van der Waals surface area contributed by atoms with Crippen molar-refractivity contribution in [1.82, 2.24) is 0 Å². The molecule has 63 heavy (non-hydrogen) atoms. The van der Waals surface area contributed by atoms with Crippen LogP contribution in [0.4, 0.5) is 34.1 Å². The first kappa shape index (κ1) is 39.5. The van der Waals surface area contributed by atoms with Crippen LogP contribution in [-0.2, 0) is 16.2 Å². The molecule has 0 N–H and O–H groups in total. The number of allylic oxidation sites excluding steroid dienone is 4. The van der Waals surface area contributed by atoms with E-state index in [9.17, 15) is 0 Å². The second-order valence-corrected chi connectivity index (χ2v) is 21.0. The molecule has 0 fully saturated rings. The van der Waals surface area contributed by atoms with E-state index in [-0.39, 0.29) is 23.0 Å². The van der Waals surface area contributed by atoms with Crippen molar-refractivity contribution in [2.24, 2.45) is 0 Å². The lowest BCUT2D eigenvalue weighted by atomic mass is 9.33. The van der Waals surface area contributed by atoms with Crippen LogP contribution in [0.5, 0.6) is 0 Å². The van der Waals surface area contributed by atoms with Gasteiger partial charge in [0.05, 0.1) is 0 Å². The zero-order chi connectivity index (χ0) is 43.6. The number of nitrogens with zero attached hydrogens (tertiary/aromatic N) is 2. The third-order valence-electron chi connectivity index (χ3n) is 14.6. The molecule has 0 unspecified atom stereocenters. The Morgan fingerprint density at radius 3 is 1.76 bits per heavy atom. The molecule has 2 heterocycles. The lowest BCUT2D eigenvalue weighted by molar-refractivity contribution is 0.590. The minimum Gasteiger partial charge on any atom is -0.311 e. The molecule has 7 aromatic carbocycles. The smallest absolute Gasteiger partial charge is 0.252 e. The van der Waals surface area contributed by atoms with Gasteiger partial charge in [0.25, 0.3) is 6.71 Å². The highest BCUT2D eigenvalue weighted by Crippen LogP contribution is 2.55. The highest BCUT2D eigenvalue weighted by atomic mass is 15.2. The molecule has 0 saturated heterocycles. The first-order valence-electron chi connectivity index (χ1n) is 23.0. The third-order valence-corrected chi connectivity index (χ3v) is 14.6. The van der Waals surface area contributed by atoms with Gasteiger partial charge in [-0.2, -0.15) is 0 Å². The molecule has 0 bridgehead atoms. The summed E-state index contributed by atoms with van der Waals surface area (Å²) in [7, 11) is 0. The van der Waals surface area contributed by atoms with Gasteiger partial charge in [0.1, 0.15) is 0 Å². The topological polar surface area (TPSA) is 6.48 Å². The van der Waals surface area contributed by atoms with E-state index in [4.69, 9.17) is 0 Å². The van der Waals surface area contributed by atoms with Gasteiger partial charge in [0.2, 0.25) is 0 Å². The van der Waals surface area contributed by atoms with Crippen molar-refractivity contribution < 1.29 is 0 Å². The maximum atomic E-state index is 2.58. The van der Waals surface area contributed by atoms with E-state index in [2.05, 4.69) is 230 Å². The SMILES string of the molecule is Cc1cc2c3c(c1)N(c1ccc(C4=CCCC5=C4c4ccccc4C5(C)C)cc1)c1cc(C(C)(C)C)ccc1B3c1cc(C(C)(C)C)ccc1N2c1ccc(-c2ccccc2)cc1. The first-order valence-corrected chi connectivity index (χ1v) is 23.0. The van der Waals surface area contributed by atoms with Gasteiger partial charge in [-0.15, -0.1) is 0 Å². The van der Waals surface area contributed by atoms with E-state index in [1.165, 1.54) is 106 Å². The van der Waals surface area contributed by atoms with E-state index < -0.39 is 0 Å². The normalized spacial score (nSPS) is 16.0. The van der Waals surface area contributed by atoms with Crippen LogP contribution >= 0.6 is 0 Å². The minimum absolute atomic E-state index is 0.00411. The number of hydrogen-bond acceptors (Lipinski definition) is 2. The zero-order valence-electron chi connectivity index (χ0n) is 38.4. The molecule has 2 aliphatic carbocycles. The summed E-state index contributed by atoms with van der Waals surface area (Å²) in [5.41, 5.74) is 26.4. The Labute approximate surface area is 375 Å². The van der Waals surface area contributed by atoms with E-state index >= 15 is 0 Å². The first-order chi connectivity index (χ1) is 30.2. The van der Waals surface area contributed by atoms with Crippen molar-refractivity contribution in [3.05, 3.63) is 197 Å². The van der Waals surface area contributed by atoms with Crippen LogP contribution in [0.2, 0.25) is 0 Å². The van der Waals surface area contributed by atoms with Crippen LogP contribution < -0.4 is 26.2 Å². The molecule has 3 heteroatoms. The number of fused-ring (bicyclic) bond motifs is 6. The Balaban J connectivity index is 1.11. The molecule has 310 valence electrons. The Morgan fingerprint density at radius 1 is 0.524 bits per heavy atom. The summed E-state index contributed by atoms with van der Waals surface area (Å²) in [6.07, 6.45) is 4.68. The number of aryl methyl sites for hydroxylation is 1. The molecule has 0 aromatic heterocycles. The van der Waals surface area contributed by atoms with Gasteiger partial charge in [-0.05, 0) is 151 Å². The lowest BCUT2D eigenvalue weighted by Gasteiger charge is -2.45. The van der Waals surface area contributed by atoms with Crippen LogP contribution in [0.3, 0.4) is 0 Å². The van der Waals surface area contributed by atoms with Gasteiger partial charge >= 0.3 is 0 Å². The predicted octanol–water partition coefficient (Wildman–Crippen LogP) is 14.3. The molecule has 2 nitrogen and oxygen atoms in total. The maximum absolute atomic E-state index is 2.58. The Kier molecular flexibility index (Phi) is 8.84. The predicted molar refractivity (Wildman–Crippen MR) is 272 cm³/mol. The second-order valence-electron chi connectivity index (χ2n) is 21.0. The number of benzene rings is 7. The van der Waals surface area contributed by atoms with E-state index in [1.807, 2.05) is 0 Å². The maximum Gasteiger partial charge on any atom is 0.252 e. The van der Waals surface area contributed by atoms with E-state index in [0.717, 1.165) is 12.8 Å². The number of anilines is 6. The van der Waals surface area contributed by atoms with Crippen molar-refractivity contribution >= 4 is 68.4 Å². The fraction of sp³-hybridized carbons (Fsp3) is 0.233. The summed E-state index contributed by atoms with van der Waals surface area (Å²) in [5, 5.41) is 0. The van der Waals surface area contributed by atoms with Crippen LogP contribution in [0.25, 0.3) is 22.3 Å². The van der Waals surface area contributed by atoms with Crippen molar-refractivity contribution in [3.8, 4) is 11.1 Å². The van der Waals surface area contributed by atoms with Crippen molar-refractivity contribution in [1.29, 1.82) is 0 Å². The average molecular weight is 817 g/mol. The standard InChI is InChI=1S/C60H57BN2/c1-38-34-54-57-55(35-38)63(45-30-24-41(25-31-45)46-19-15-21-49-56(46)47-18-13-14-20-48(47)60(49,8)9)53-37-43(59(5,6)7)26-32-50(53)61(57)51-36-42(58(2,3)4)27-33-52(51)62(54)44-28-22-40(23-29-44)39-16-11-10-12-17-39/h10-14,16-20,22-37H,15,21H2,1-9H3. The van der Waals surface area contributed by atoms with Gasteiger partial charge in [0.15, 0.2) is 0 Å². The van der Waals surface area contributed by atoms with Gasteiger partial charge in [0, 0.05) is 39.5 Å². The third kappa shape index (κ3) is 6.22. The van der Waals surface area contributed by atoms with Gasteiger partial charge in [-0.25, -0.2) is 0 Å². The van der Waals surface area contributed by atoms with Gasteiger partial charge in [-0.3, -0.25) is 0 Å². The van der Waals surface area contributed by atoms with Gasteiger partial charge < -0.3 is 9.80 Å². The summed E-state index contributed by atoms with van der Waals surface area (Å²) >= 11 is 0. The van der Waals surface area contributed by atoms with Gasteiger partial charge in [-0.1, -0.05) is 170 Å².